The first-order valence-corrected chi connectivity index (χ1v) is 9.41. The molecule has 2 aromatic carbocycles. The van der Waals surface area contributed by atoms with Crippen molar-refractivity contribution in [2.75, 3.05) is 11.9 Å². The van der Waals surface area contributed by atoms with Crippen molar-refractivity contribution in [1.82, 2.24) is 20.2 Å². The summed E-state index contributed by atoms with van der Waals surface area (Å²) in [5.41, 5.74) is 0.322. The second-order valence-electron chi connectivity index (χ2n) is 5.39. The molecule has 0 unspecified atom stereocenters. The Morgan fingerprint density at radius 2 is 2.14 bits per heavy atom. The van der Waals surface area contributed by atoms with Gasteiger partial charge in [0.15, 0.2) is 12.4 Å². The van der Waals surface area contributed by atoms with E-state index in [4.69, 9.17) is 4.74 Å². The summed E-state index contributed by atoms with van der Waals surface area (Å²) >= 11 is 4.65. The third-order valence-corrected chi connectivity index (χ3v) is 5.02. The van der Waals surface area contributed by atoms with Crippen molar-refractivity contribution >= 4 is 45.0 Å². The molecule has 1 aromatic heterocycles. The van der Waals surface area contributed by atoms with Gasteiger partial charge in [-0.2, -0.15) is 0 Å². The van der Waals surface area contributed by atoms with Crippen LogP contribution in [0.25, 0.3) is 0 Å². The third-order valence-electron chi connectivity index (χ3n) is 3.42. The van der Waals surface area contributed by atoms with E-state index in [1.807, 2.05) is 12.1 Å². The lowest BCUT2D eigenvalue weighted by molar-refractivity contribution is -0.385. The van der Waals surface area contributed by atoms with Gasteiger partial charge < -0.3 is 10.1 Å². The number of amides is 1. The maximum Gasteiger partial charge on any atom is 0.310 e. The van der Waals surface area contributed by atoms with Crippen LogP contribution in [0.1, 0.15) is 0 Å². The first-order chi connectivity index (χ1) is 13.4. The number of nitrogens with one attached hydrogen (secondary N) is 1. The summed E-state index contributed by atoms with van der Waals surface area (Å²) in [6.45, 7) is -0.382. The highest BCUT2D eigenvalue weighted by molar-refractivity contribution is 9.10. The van der Waals surface area contributed by atoms with Gasteiger partial charge in [-0.3, -0.25) is 14.9 Å². The largest absolute Gasteiger partial charge is 0.477 e. The monoisotopic (exact) mass is 464 g/mol. The summed E-state index contributed by atoms with van der Waals surface area (Å²) in [6, 6.07) is 11.2. The van der Waals surface area contributed by atoms with Gasteiger partial charge in [0, 0.05) is 22.5 Å². The zero-order valence-corrected chi connectivity index (χ0v) is 16.8. The molecule has 0 spiro atoms. The fourth-order valence-corrected chi connectivity index (χ4v) is 3.31. The molecule has 0 bridgehead atoms. The number of ether oxygens (including phenoxy) is 1. The third kappa shape index (κ3) is 4.84. The van der Waals surface area contributed by atoms with Crippen LogP contribution in [0.5, 0.6) is 5.75 Å². The molecular weight excluding hydrogens is 452 g/mol. The van der Waals surface area contributed by atoms with Crippen molar-refractivity contribution in [2.45, 2.75) is 10.1 Å². The van der Waals surface area contributed by atoms with E-state index in [0.717, 1.165) is 9.37 Å². The van der Waals surface area contributed by atoms with Crippen molar-refractivity contribution < 1.29 is 14.5 Å². The Kier molecular flexibility index (Phi) is 6.21. The highest BCUT2D eigenvalue weighted by atomic mass is 79.9. The lowest BCUT2D eigenvalue weighted by Gasteiger charge is -2.11. The fraction of sp³-hybridized carbons (Fsp3) is 0.125. The minimum atomic E-state index is -0.564. The molecular formula is C16H13BrN6O4S. The van der Waals surface area contributed by atoms with Crippen LogP contribution in [-0.2, 0) is 11.8 Å². The standard InChI is InChI=1S/C16H13BrN6O4S/c1-22-16(19-20-21-22)28-14-7-6-10(17)8-11(14)18-15(24)9-27-13-5-3-2-4-12(13)23(25)26/h2-8H,9H2,1H3,(H,18,24). The van der Waals surface area contributed by atoms with Crippen LogP contribution in [0.3, 0.4) is 0 Å². The summed E-state index contributed by atoms with van der Waals surface area (Å²) in [5, 5.41) is 25.6. The summed E-state index contributed by atoms with van der Waals surface area (Å²) in [7, 11) is 1.71. The maximum atomic E-state index is 12.3. The highest BCUT2D eigenvalue weighted by Gasteiger charge is 2.16. The van der Waals surface area contributed by atoms with Crippen LogP contribution in [0, 0.1) is 10.1 Å². The normalized spacial score (nSPS) is 10.5. The van der Waals surface area contributed by atoms with Crippen LogP contribution in [0.2, 0.25) is 0 Å². The molecule has 0 atom stereocenters. The Balaban J connectivity index is 1.71. The van der Waals surface area contributed by atoms with E-state index < -0.39 is 10.8 Å². The number of aryl methyl sites for hydroxylation is 1. The van der Waals surface area contributed by atoms with E-state index in [1.54, 1.807) is 19.2 Å². The Hall–Kier alpha value is -2.99. The number of hydrogen-bond acceptors (Lipinski definition) is 8. The van der Waals surface area contributed by atoms with Gasteiger partial charge in [-0.1, -0.05) is 28.1 Å². The molecule has 1 amide bonds. The SMILES string of the molecule is Cn1nnnc1Sc1ccc(Br)cc1NC(=O)COc1ccccc1[N+](=O)[O-]. The number of nitro groups is 1. The van der Waals surface area contributed by atoms with E-state index in [2.05, 4.69) is 36.8 Å². The first-order valence-electron chi connectivity index (χ1n) is 7.80. The molecule has 3 rings (SSSR count). The molecule has 0 aliphatic carbocycles. The maximum absolute atomic E-state index is 12.3. The predicted octanol–water partition coefficient (Wildman–Crippen LogP) is 3.05. The van der Waals surface area contributed by atoms with E-state index >= 15 is 0 Å². The van der Waals surface area contributed by atoms with Crippen molar-refractivity contribution in [1.29, 1.82) is 0 Å². The number of tetrazole rings is 1. The van der Waals surface area contributed by atoms with Crippen LogP contribution in [0.4, 0.5) is 11.4 Å². The van der Waals surface area contributed by atoms with Crippen LogP contribution >= 0.6 is 27.7 Å². The number of anilines is 1. The Bertz CT molecular complexity index is 1030. The minimum absolute atomic E-state index is 0.0247. The molecule has 3 aromatic rings. The van der Waals surface area contributed by atoms with Crippen molar-refractivity contribution in [2.24, 2.45) is 7.05 Å². The molecule has 1 heterocycles. The minimum Gasteiger partial charge on any atom is -0.477 e. The molecule has 144 valence electrons. The number of halogens is 1. The average molecular weight is 465 g/mol. The van der Waals surface area contributed by atoms with E-state index in [-0.39, 0.29) is 18.0 Å². The average Bonchev–Trinajstić information content (AvgIpc) is 3.07. The van der Waals surface area contributed by atoms with Gasteiger partial charge in [0.1, 0.15) is 0 Å². The number of hydrogen-bond donors (Lipinski definition) is 1. The summed E-state index contributed by atoms with van der Waals surface area (Å²) in [4.78, 5) is 23.5. The number of rotatable bonds is 7. The van der Waals surface area contributed by atoms with Gasteiger partial charge in [0.05, 0.1) is 10.6 Å². The summed E-state index contributed by atoms with van der Waals surface area (Å²) in [5.74, 6) is -0.439. The number of benzene rings is 2. The van der Waals surface area contributed by atoms with Crippen molar-refractivity contribution in [3.8, 4) is 5.75 Å². The van der Waals surface area contributed by atoms with Gasteiger partial charge in [-0.15, -0.1) is 5.10 Å². The van der Waals surface area contributed by atoms with Crippen LogP contribution in [0.15, 0.2) is 57.0 Å². The molecule has 0 aliphatic rings. The lowest BCUT2D eigenvalue weighted by atomic mass is 10.3. The molecule has 0 aliphatic heterocycles. The smallest absolute Gasteiger partial charge is 0.310 e. The Labute approximate surface area is 171 Å². The van der Waals surface area contributed by atoms with Gasteiger partial charge in [0.25, 0.3) is 5.91 Å². The molecule has 0 saturated heterocycles. The molecule has 1 N–H and O–H groups in total. The van der Waals surface area contributed by atoms with Gasteiger partial charge in [-0.05, 0) is 46.5 Å². The second-order valence-corrected chi connectivity index (χ2v) is 7.31. The zero-order chi connectivity index (χ0) is 20.1. The molecule has 10 nitrogen and oxygen atoms in total. The van der Waals surface area contributed by atoms with Crippen molar-refractivity contribution in [3.63, 3.8) is 0 Å². The van der Waals surface area contributed by atoms with Gasteiger partial charge in [0.2, 0.25) is 5.16 Å². The number of nitro benzene ring substituents is 1. The first kappa shape index (κ1) is 19.8. The lowest BCUT2D eigenvalue weighted by Crippen LogP contribution is -2.20. The van der Waals surface area contributed by atoms with Crippen molar-refractivity contribution in [3.05, 3.63) is 57.1 Å². The molecule has 0 radical (unpaired) electrons. The second kappa shape index (κ2) is 8.80. The number of carbonyl (C=O) groups excluding carboxylic acids is 1. The number of carbonyl (C=O) groups is 1. The molecule has 28 heavy (non-hydrogen) atoms. The quantitative estimate of drug-likeness (QED) is 0.417. The molecule has 12 heteroatoms. The number of nitrogens with zero attached hydrogens (tertiary/aromatic N) is 5. The molecule has 0 saturated carbocycles. The van der Waals surface area contributed by atoms with Gasteiger partial charge >= 0.3 is 5.69 Å². The number of para-hydroxylation sites is 2. The van der Waals surface area contributed by atoms with E-state index in [1.165, 1.54) is 34.6 Å². The Morgan fingerprint density at radius 3 is 2.86 bits per heavy atom. The van der Waals surface area contributed by atoms with E-state index in [0.29, 0.717) is 10.8 Å². The zero-order valence-electron chi connectivity index (χ0n) is 14.4. The summed E-state index contributed by atoms with van der Waals surface area (Å²) < 4.78 is 7.60. The fourth-order valence-electron chi connectivity index (χ4n) is 2.15. The number of aromatic nitrogens is 4. The van der Waals surface area contributed by atoms with E-state index in [9.17, 15) is 14.9 Å². The highest BCUT2D eigenvalue weighted by Crippen LogP contribution is 2.34. The molecule has 0 fully saturated rings. The summed E-state index contributed by atoms with van der Waals surface area (Å²) in [6.07, 6.45) is 0. The van der Waals surface area contributed by atoms with Crippen LogP contribution in [-0.4, -0.2) is 37.6 Å². The van der Waals surface area contributed by atoms with Crippen LogP contribution < -0.4 is 10.1 Å². The van der Waals surface area contributed by atoms with Gasteiger partial charge in [-0.25, -0.2) is 4.68 Å². The predicted molar refractivity (Wildman–Crippen MR) is 104 cm³/mol. The topological polar surface area (TPSA) is 125 Å². The Morgan fingerprint density at radius 1 is 1.36 bits per heavy atom.